The minimum absolute atomic E-state index is 0. The average Bonchev–Trinajstić information content (AvgIpc) is 2.62. The van der Waals surface area contributed by atoms with Crippen molar-refractivity contribution in [2.24, 2.45) is 4.99 Å². The normalized spacial score (nSPS) is 10.8. The molecule has 6 heteroatoms. The van der Waals surface area contributed by atoms with E-state index in [1.54, 1.807) is 13.2 Å². The van der Waals surface area contributed by atoms with Crippen molar-refractivity contribution < 1.29 is 4.74 Å². The zero-order valence-electron chi connectivity index (χ0n) is 15.1. The van der Waals surface area contributed by atoms with Crippen LogP contribution in [0.4, 0.5) is 0 Å². The Balaban J connectivity index is 0.00000312. The van der Waals surface area contributed by atoms with Gasteiger partial charge in [0, 0.05) is 25.4 Å². The Morgan fingerprint density at radius 3 is 2.64 bits per heavy atom. The second-order valence-electron chi connectivity index (χ2n) is 5.56. The van der Waals surface area contributed by atoms with Crippen molar-refractivity contribution in [1.82, 2.24) is 15.6 Å². The molecule has 0 aliphatic rings. The lowest BCUT2D eigenvalue weighted by Gasteiger charge is -2.15. The predicted molar refractivity (Wildman–Crippen MR) is 114 cm³/mol. The lowest BCUT2D eigenvalue weighted by molar-refractivity contribution is 0.313. The van der Waals surface area contributed by atoms with Gasteiger partial charge in [0.15, 0.2) is 5.96 Å². The van der Waals surface area contributed by atoms with Crippen molar-refractivity contribution in [3.05, 3.63) is 59.4 Å². The SMILES string of the molecule is CCCOc1cc(C)ccc1CNC(=NC)NCc1ccccn1.I. The highest BCUT2D eigenvalue weighted by molar-refractivity contribution is 14.0. The summed E-state index contributed by atoms with van der Waals surface area (Å²) in [5.41, 5.74) is 3.29. The van der Waals surface area contributed by atoms with Crippen molar-refractivity contribution in [3.63, 3.8) is 0 Å². The van der Waals surface area contributed by atoms with E-state index >= 15 is 0 Å². The molecule has 0 radical (unpaired) electrons. The number of benzene rings is 1. The Bertz CT molecular complexity index is 662. The molecule has 5 nitrogen and oxygen atoms in total. The molecule has 0 aliphatic carbocycles. The number of hydrogen-bond donors (Lipinski definition) is 2. The van der Waals surface area contributed by atoms with Crippen LogP contribution in [0, 0.1) is 6.92 Å². The molecule has 0 aliphatic heterocycles. The van der Waals surface area contributed by atoms with Crippen LogP contribution in [0.25, 0.3) is 0 Å². The Morgan fingerprint density at radius 2 is 1.96 bits per heavy atom. The molecule has 2 rings (SSSR count). The number of pyridine rings is 1. The van der Waals surface area contributed by atoms with Gasteiger partial charge in [-0.3, -0.25) is 9.98 Å². The first-order valence-corrected chi connectivity index (χ1v) is 8.29. The summed E-state index contributed by atoms with van der Waals surface area (Å²) < 4.78 is 5.85. The summed E-state index contributed by atoms with van der Waals surface area (Å²) in [7, 11) is 1.76. The molecule has 0 fully saturated rings. The Kier molecular flexibility index (Phi) is 9.91. The maximum Gasteiger partial charge on any atom is 0.191 e. The van der Waals surface area contributed by atoms with Crippen molar-refractivity contribution >= 4 is 29.9 Å². The molecule has 0 saturated carbocycles. The van der Waals surface area contributed by atoms with Crippen molar-refractivity contribution in [2.75, 3.05) is 13.7 Å². The van der Waals surface area contributed by atoms with Gasteiger partial charge in [0.1, 0.15) is 5.75 Å². The summed E-state index contributed by atoms with van der Waals surface area (Å²) in [6.07, 6.45) is 2.78. The van der Waals surface area contributed by atoms with E-state index in [0.717, 1.165) is 36.0 Å². The van der Waals surface area contributed by atoms with Crippen LogP contribution in [-0.2, 0) is 13.1 Å². The molecule has 2 N–H and O–H groups in total. The minimum atomic E-state index is 0. The van der Waals surface area contributed by atoms with E-state index in [1.165, 1.54) is 5.56 Å². The summed E-state index contributed by atoms with van der Waals surface area (Å²) in [5.74, 6) is 1.67. The monoisotopic (exact) mass is 454 g/mol. The van der Waals surface area contributed by atoms with E-state index in [2.05, 4.69) is 52.7 Å². The van der Waals surface area contributed by atoms with Crippen LogP contribution >= 0.6 is 24.0 Å². The second-order valence-corrected chi connectivity index (χ2v) is 5.56. The molecule has 0 amide bonds. The van der Waals surface area contributed by atoms with Crippen LogP contribution in [0.1, 0.15) is 30.2 Å². The standard InChI is InChI=1S/C19H26N4O.HI/c1-4-11-24-18-12-15(2)8-9-16(18)13-22-19(20-3)23-14-17-7-5-6-10-21-17;/h5-10,12H,4,11,13-14H2,1-3H3,(H2,20,22,23);1H. The maximum absolute atomic E-state index is 5.85. The third-order valence-corrected chi connectivity index (χ3v) is 3.52. The lowest BCUT2D eigenvalue weighted by atomic mass is 10.1. The van der Waals surface area contributed by atoms with Gasteiger partial charge in [-0.25, -0.2) is 0 Å². The molecule has 0 bridgehead atoms. The molecule has 0 saturated heterocycles. The summed E-state index contributed by atoms with van der Waals surface area (Å²) >= 11 is 0. The first-order chi connectivity index (χ1) is 11.7. The molecule has 0 spiro atoms. The van der Waals surface area contributed by atoms with Crippen LogP contribution in [0.2, 0.25) is 0 Å². The largest absolute Gasteiger partial charge is 0.493 e. The molecule has 2 aromatic rings. The van der Waals surface area contributed by atoms with E-state index in [1.807, 2.05) is 18.2 Å². The summed E-state index contributed by atoms with van der Waals surface area (Å²) in [6, 6.07) is 12.1. The van der Waals surface area contributed by atoms with Crippen LogP contribution in [0.5, 0.6) is 5.75 Å². The number of nitrogens with zero attached hydrogens (tertiary/aromatic N) is 2. The van der Waals surface area contributed by atoms with Crippen molar-refractivity contribution in [2.45, 2.75) is 33.4 Å². The lowest BCUT2D eigenvalue weighted by Crippen LogP contribution is -2.36. The Labute approximate surface area is 167 Å². The number of rotatable bonds is 7. The number of aliphatic imine (C=N–C) groups is 1. The number of hydrogen-bond acceptors (Lipinski definition) is 3. The van der Waals surface area contributed by atoms with E-state index < -0.39 is 0 Å². The van der Waals surface area contributed by atoms with Crippen LogP contribution < -0.4 is 15.4 Å². The Hall–Kier alpha value is -1.83. The highest BCUT2D eigenvalue weighted by Gasteiger charge is 2.06. The number of ether oxygens (including phenoxy) is 1. The third-order valence-electron chi connectivity index (χ3n) is 3.52. The van der Waals surface area contributed by atoms with E-state index in [0.29, 0.717) is 13.1 Å². The van der Waals surface area contributed by atoms with Crippen LogP contribution in [-0.4, -0.2) is 24.6 Å². The quantitative estimate of drug-likeness (QED) is 0.381. The van der Waals surface area contributed by atoms with E-state index in [9.17, 15) is 0 Å². The van der Waals surface area contributed by atoms with Crippen LogP contribution in [0.15, 0.2) is 47.6 Å². The first kappa shape index (κ1) is 21.2. The van der Waals surface area contributed by atoms with Gasteiger partial charge in [-0.1, -0.05) is 25.1 Å². The minimum Gasteiger partial charge on any atom is -0.493 e. The molecular weight excluding hydrogens is 427 g/mol. The molecule has 0 atom stereocenters. The molecule has 1 aromatic heterocycles. The van der Waals surface area contributed by atoms with Gasteiger partial charge in [0.05, 0.1) is 18.8 Å². The van der Waals surface area contributed by atoms with Crippen LogP contribution in [0.3, 0.4) is 0 Å². The topological polar surface area (TPSA) is 58.5 Å². The number of nitrogens with one attached hydrogen (secondary N) is 2. The second kappa shape index (κ2) is 11.7. The zero-order chi connectivity index (χ0) is 17.2. The van der Waals surface area contributed by atoms with Gasteiger partial charge in [-0.15, -0.1) is 24.0 Å². The Morgan fingerprint density at radius 1 is 1.16 bits per heavy atom. The van der Waals surface area contributed by atoms with Gasteiger partial charge >= 0.3 is 0 Å². The predicted octanol–water partition coefficient (Wildman–Crippen LogP) is 3.66. The molecule has 136 valence electrons. The first-order valence-electron chi connectivity index (χ1n) is 8.29. The highest BCUT2D eigenvalue weighted by Crippen LogP contribution is 2.20. The summed E-state index contributed by atoms with van der Waals surface area (Å²) in [5, 5.41) is 6.59. The van der Waals surface area contributed by atoms with Gasteiger partial charge in [-0.2, -0.15) is 0 Å². The van der Waals surface area contributed by atoms with Gasteiger partial charge < -0.3 is 15.4 Å². The van der Waals surface area contributed by atoms with Gasteiger partial charge in [0.2, 0.25) is 0 Å². The van der Waals surface area contributed by atoms with Crippen molar-refractivity contribution in [3.8, 4) is 5.75 Å². The van der Waals surface area contributed by atoms with Gasteiger partial charge in [-0.05, 0) is 37.1 Å². The number of halogens is 1. The maximum atomic E-state index is 5.85. The van der Waals surface area contributed by atoms with Crippen molar-refractivity contribution in [1.29, 1.82) is 0 Å². The number of aryl methyl sites for hydroxylation is 1. The average molecular weight is 454 g/mol. The molecular formula is C19H27IN4O. The fourth-order valence-corrected chi connectivity index (χ4v) is 2.23. The summed E-state index contributed by atoms with van der Waals surface area (Å²) in [6.45, 7) is 6.19. The smallest absolute Gasteiger partial charge is 0.191 e. The zero-order valence-corrected chi connectivity index (χ0v) is 17.4. The van der Waals surface area contributed by atoms with E-state index in [-0.39, 0.29) is 24.0 Å². The fraction of sp³-hybridized carbons (Fsp3) is 0.368. The van der Waals surface area contributed by atoms with E-state index in [4.69, 9.17) is 4.74 Å². The third kappa shape index (κ3) is 7.29. The fourth-order valence-electron chi connectivity index (χ4n) is 2.23. The highest BCUT2D eigenvalue weighted by atomic mass is 127. The molecule has 0 unspecified atom stereocenters. The van der Waals surface area contributed by atoms with Gasteiger partial charge in [0.25, 0.3) is 0 Å². The number of guanidine groups is 1. The molecule has 25 heavy (non-hydrogen) atoms. The molecule has 1 aromatic carbocycles. The molecule has 1 heterocycles. The summed E-state index contributed by atoms with van der Waals surface area (Å²) in [4.78, 5) is 8.55. The number of aromatic nitrogens is 1.